The van der Waals surface area contributed by atoms with Crippen LogP contribution in [0.25, 0.3) is 0 Å². The maximum absolute atomic E-state index is 4.16. The molecule has 1 aliphatic carbocycles. The van der Waals surface area contributed by atoms with Gasteiger partial charge in [-0.3, -0.25) is 0 Å². The van der Waals surface area contributed by atoms with Gasteiger partial charge in [-0.2, -0.15) is 0 Å². The van der Waals surface area contributed by atoms with Gasteiger partial charge in [0.05, 0.1) is 0 Å². The number of allylic oxidation sites excluding steroid dienone is 5. The van der Waals surface area contributed by atoms with Gasteiger partial charge in [-0.05, 0) is 48.8 Å². The third-order valence-electron chi connectivity index (χ3n) is 2.71. The average molecular weight is 176 g/mol. The maximum atomic E-state index is 4.16. The molecule has 0 aromatic rings. The Hall–Kier alpha value is -0.780. The van der Waals surface area contributed by atoms with Crippen LogP contribution in [0.15, 0.2) is 35.5 Å². The van der Waals surface area contributed by atoms with Gasteiger partial charge >= 0.3 is 0 Å². The van der Waals surface area contributed by atoms with E-state index in [1.165, 1.54) is 29.6 Å². The smallest absolute Gasteiger partial charge is 0.0247 e. The third-order valence-corrected chi connectivity index (χ3v) is 2.71. The summed E-state index contributed by atoms with van der Waals surface area (Å²) in [6.45, 7) is 10.8. The highest BCUT2D eigenvalue weighted by Crippen LogP contribution is 2.35. The van der Waals surface area contributed by atoms with Gasteiger partial charge in [-0.25, -0.2) is 0 Å². The lowest BCUT2D eigenvalue weighted by Gasteiger charge is -2.26. The SMILES string of the molecule is C=C1C(=CC)CC(C)CC1=CCC. The minimum absolute atomic E-state index is 0.787. The summed E-state index contributed by atoms with van der Waals surface area (Å²) in [6.07, 6.45) is 8.07. The first-order valence-electron chi connectivity index (χ1n) is 5.22. The molecule has 0 aromatic carbocycles. The Bertz CT molecular complexity index is 253. The largest absolute Gasteiger partial charge is 0.0912 e. The molecule has 0 aliphatic heterocycles. The van der Waals surface area contributed by atoms with Gasteiger partial charge in [0.15, 0.2) is 0 Å². The molecular weight excluding hydrogens is 156 g/mol. The number of rotatable bonds is 1. The summed E-state index contributed by atoms with van der Waals surface area (Å²) in [7, 11) is 0. The average Bonchev–Trinajstić information content (AvgIpc) is 2.11. The van der Waals surface area contributed by atoms with Crippen LogP contribution in [0, 0.1) is 5.92 Å². The summed E-state index contributed by atoms with van der Waals surface area (Å²) in [5.74, 6) is 0.787. The van der Waals surface area contributed by atoms with Crippen LogP contribution >= 0.6 is 0 Å². The molecule has 0 N–H and O–H groups in total. The van der Waals surface area contributed by atoms with Gasteiger partial charge in [0.1, 0.15) is 0 Å². The Morgan fingerprint density at radius 1 is 1.38 bits per heavy atom. The van der Waals surface area contributed by atoms with Crippen molar-refractivity contribution < 1.29 is 0 Å². The molecule has 13 heavy (non-hydrogen) atoms. The molecule has 72 valence electrons. The van der Waals surface area contributed by atoms with Crippen molar-refractivity contribution in [1.29, 1.82) is 0 Å². The van der Waals surface area contributed by atoms with E-state index in [1.807, 2.05) is 0 Å². The zero-order valence-corrected chi connectivity index (χ0v) is 9.06. The van der Waals surface area contributed by atoms with Crippen molar-refractivity contribution in [2.75, 3.05) is 0 Å². The van der Waals surface area contributed by atoms with Crippen molar-refractivity contribution in [2.45, 2.75) is 40.0 Å². The highest BCUT2D eigenvalue weighted by molar-refractivity contribution is 5.47. The molecule has 1 rings (SSSR count). The van der Waals surface area contributed by atoms with Crippen LogP contribution in [0.1, 0.15) is 40.0 Å². The second kappa shape index (κ2) is 4.45. The second-order valence-electron chi connectivity index (χ2n) is 3.94. The van der Waals surface area contributed by atoms with Crippen LogP contribution in [-0.2, 0) is 0 Å². The van der Waals surface area contributed by atoms with Crippen molar-refractivity contribution in [3.8, 4) is 0 Å². The van der Waals surface area contributed by atoms with E-state index in [1.54, 1.807) is 0 Å². The number of hydrogen-bond acceptors (Lipinski definition) is 0. The minimum Gasteiger partial charge on any atom is -0.0912 e. The van der Waals surface area contributed by atoms with E-state index in [0.29, 0.717) is 0 Å². The van der Waals surface area contributed by atoms with Crippen LogP contribution in [0.5, 0.6) is 0 Å². The first-order valence-corrected chi connectivity index (χ1v) is 5.22. The van der Waals surface area contributed by atoms with Crippen molar-refractivity contribution in [3.05, 3.63) is 35.5 Å². The Labute approximate surface area is 82.0 Å². The Morgan fingerprint density at radius 3 is 2.54 bits per heavy atom. The molecule has 0 heteroatoms. The summed E-state index contributed by atoms with van der Waals surface area (Å²) in [6, 6.07) is 0. The van der Waals surface area contributed by atoms with E-state index >= 15 is 0 Å². The highest BCUT2D eigenvalue weighted by atomic mass is 14.2. The topological polar surface area (TPSA) is 0 Å². The predicted octanol–water partition coefficient (Wildman–Crippen LogP) is 4.26. The minimum atomic E-state index is 0.787. The monoisotopic (exact) mass is 176 g/mol. The fraction of sp³-hybridized carbons (Fsp3) is 0.538. The van der Waals surface area contributed by atoms with Gasteiger partial charge in [0.25, 0.3) is 0 Å². The zero-order chi connectivity index (χ0) is 9.84. The molecule has 0 nitrogen and oxygen atoms in total. The van der Waals surface area contributed by atoms with E-state index in [-0.39, 0.29) is 0 Å². The maximum Gasteiger partial charge on any atom is -0.0247 e. The first-order chi connectivity index (χ1) is 6.19. The van der Waals surface area contributed by atoms with Crippen LogP contribution in [0.4, 0.5) is 0 Å². The van der Waals surface area contributed by atoms with Gasteiger partial charge < -0.3 is 0 Å². The van der Waals surface area contributed by atoms with E-state index in [4.69, 9.17) is 0 Å². The van der Waals surface area contributed by atoms with Crippen LogP contribution in [-0.4, -0.2) is 0 Å². The second-order valence-corrected chi connectivity index (χ2v) is 3.94. The quantitative estimate of drug-likeness (QED) is 0.560. The van der Waals surface area contributed by atoms with Crippen molar-refractivity contribution in [2.24, 2.45) is 5.92 Å². The summed E-state index contributed by atoms with van der Waals surface area (Å²) in [4.78, 5) is 0. The fourth-order valence-corrected chi connectivity index (χ4v) is 2.02. The van der Waals surface area contributed by atoms with Crippen molar-refractivity contribution >= 4 is 0 Å². The molecule has 0 spiro atoms. The standard InChI is InChI=1S/C13H20/c1-5-7-13-9-10(3)8-12(6-2)11(13)4/h6-7,10H,4-5,8-9H2,1-3H3. The van der Waals surface area contributed by atoms with E-state index < -0.39 is 0 Å². The lowest BCUT2D eigenvalue weighted by Crippen LogP contribution is -2.09. The number of hydrogen-bond donors (Lipinski definition) is 0. The molecule has 1 aliphatic rings. The lowest BCUT2D eigenvalue weighted by molar-refractivity contribution is 0.552. The van der Waals surface area contributed by atoms with E-state index in [0.717, 1.165) is 12.3 Å². The summed E-state index contributed by atoms with van der Waals surface area (Å²) >= 11 is 0. The van der Waals surface area contributed by atoms with Gasteiger partial charge in [0.2, 0.25) is 0 Å². The molecule has 0 bridgehead atoms. The van der Waals surface area contributed by atoms with Crippen LogP contribution in [0.2, 0.25) is 0 Å². The summed E-state index contributed by atoms with van der Waals surface area (Å²) in [5.41, 5.74) is 4.19. The van der Waals surface area contributed by atoms with Gasteiger partial charge in [-0.1, -0.05) is 32.6 Å². The molecule has 0 amide bonds. The van der Waals surface area contributed by atoms with E-state index in [2.05, 4.69) is 39.5 Å². The van der Waals surface area contributed by atoms with Gasteiger partial charge in [-0.15, -0.1) is 0 Å². The molecular formula is C13H20. The molecule has 1 fully saturated rings. The van der Waals surface area contributed by atoms with Gasteiger partial charge in [0, 0.05) is 0 Å². The molecule has 1 atom stereocenters. The first kappa shape index (κ1) is 10.3. The summed E-state index contributed by atoms with van der Waals surface area (Å²) in [5, 5.41) is 0. The van der Waals surface area contributed by atoms with Crippen LogP contribution in [0.3, 0.4) is 0 Å². The Morgan fingerprint density at radius 2 is 2.00 bits per heavy atom. The fourth-order valence-electron chi connectivity index (χ4n) is 2.02. The molecule has 0 heterocycles. The zero-order valence-electron chi connectivity index (χ0n) is 9.06. The Balaban J connectivity index is 2.88. The normalized spacial score (nSPS) is 30.1. The molecule has 0 saturated heterocycles. The summed E-state index contributed by atoms with van der Waals surface area (Å²) < 4.78 is 0. The molecule has 0 radical (unpaired) electrons. The van der Waals surface area contributed by atoms with Crippen molar-refractivity contribution in [1.82, 2.24) is 0 Å². The molecule has 1 saturated carbocycles. The molecule has 1 unspecified atom stereocenters. The molecule has 0 aromatic heterocycles. The van der Waals surface area contributed by atoms with E-state index in [9.17, 15) is 0 Å². The predicted molar refractivity (Wildman–Crippen MR) is 59.7 cm³/mol. The Kier molecular flexibility index (Phi) is 3.53. The van der Waals surface area contributed by atoms with Crippen LogP contribution < -0.4 is 0 Å². The van der Waals surface area contributed by atoms with Crippen molar-refractivity contribution in [3.63, 3.8) is 0 Å². The lowest BCUT2D eigenvalue weighted by atomic mass is 9.79. The third kappa shape index (κ3) is 2.33. The highest BCUT2D eigenvalue weighted by Gasteiger charge is 2.19.